The fraction of sp³-hybridized carbons (Fsp3) is 0.556. The molecule has 1 heterocycles. The molecule has 1 aromatic heterocycles. The number of carbonyl (C=O) groups is 1. The van der Waals surface area contributed by atoms with Crippen molar-refractivity contribution in [3.05, 3.63) is 15.9 Å². The summed E-state index contributed by atoms with van der Waals surface area (Å²) >= 11 is 1.21. The maximum absolute atomic E-state index is 11.5. The highest BCUT2D eigenvalue weighted by Crippen LogP contribution is 2.04. The predicted octanol–water partition coefficient (Wildman–Crippen LogP) is 0.852. The summed E-state index contributed by atoms with van der Waals surface area (Å²) in [6.45, 7) is 3.06. The molecule has 0 amide bonds. The largest absolute Gasteiger partial charge is 0.461 e. The first-order chi connectivity index (χ1) is 7.20. The molecule has 1 rings (SSSR count). The number of hydrogen-bond donors (Lipinski definition) is 1. The van der Waals surface area contributed by atoms with Gasteiger partial charge in [0.2, 0.25) is 0 Å². The molecule has 1 N–H and O–H groups in total. The van der Waals surface area contributed by atoms with Crippen LogP contribution in [0.5, 0.6) is 0 Å². The second-order valence-electron chi connectivity index (χ2n) is 2.79. The molecule has 0 radical (unpaired) electrons. The quantitative estimate of drug-likeness (QED) is 0.763. The Bertz CT molecular complexity index is 383. The smallest absolute Gasteiger partial charge is 0.355 e. The molecule has 0 atom stereocenters. The minimum atomic E-state index is -0.386. The Labute approximate surface area is 91.8 Å². The molecule has 0 saturated carbocycles. The zero-order valence-electron chi connectivity index (χ0n) is 8.78. The number of rotatable bonds is 5. The van der Waals surface area contributed by atoms with Crippen LogP contribution >= 0.6 is 11.3 Å². The first kappa shape index (κ1) is 11.9. The monoisotopic (exact) mass is 230 g/mol. The number of nitrogens with zero attached hydrogens (tertiary/aromatic N) is 1. The summed E-state index contributed by atoms with van der Waals surface area (Å²) in [6, 6.07) is 0. The molecular formula is C9H14N2O3S. The average Bonchev–Trinajstić information content (AvgIpc) is 2.57. The van der Waals surface area contributed by atoms with Crippen LogP contribution in [-0.4, -0.2) is 30.9 Å². The summed E-state index contributed by atoms with van der Waals surface area (Å²) in [5, 5.41) is 9.25. The van der Waals surface area contributed by atoms with Crippen LogP contribution in [0.2, 0.25) is 0 Å². The van der Waals surface area contributed by atoms with Gasteiger partial charge in [0, 0.05) is 19.0 Å². The molecule has 0 fully saturated rings. The number of methoxy groups -OCH3 is 1. The number of aromatic nitrogens is 1. The first-order valence-electron chi connectivity index (χ1n) is 4.59. The van der Waals surface area contributed by atoms with Crippen LogP contribution in [0, 0.1) is 5.41 Å². The minimum absolute atomic E-state index is 0.329. The van der Waals surface area contributed by atoms with E-state index in [-0.39, 0.29) is 5.97 Å². The number of hydrogen-bond acceptors (Lipinski definition) is 5. The molecule has 0 saturated heterocycles. The first-order valence-corrected chi connectivity index (χ1v) is 5.47. The van der Waals surface area contributed by atoms with Crippen LogP contribution in [0.4, 0.5) is 0 Å². The van der Waals surface area contributed by atoms with Crippen molar-refractivity contribution in [1.82, 2.24) is 4.57 Å². The Kier molecular flexibility index (Phi) is 4.51. The highest BCUT2D eigenvalue weighted by atomic mass is 32.1. The fourth-order valence-corrected chi connectivity index (χ4v) is 1.88. The van der Waals surface area contributed by atoms with E-state index in [2.05, 4.69) is 0 Å². The van der Waals surface area contributed by atoms with Crippen molar-refractivity contribution in [3.63, 3.8) is 0 Å². The van der Waals surface area contributed by atoms with E-state index < -0.39 is 0 Å². The van der Waals surface area contributed by atoms with Gasteiger partial charge in [-0.3, -0.25) is 5.41 Å². The number of ether oxygens (including phenoxy) is 2. The summed E-state index contributed by atoms with van der Waals surface area (Å²) in [5.74, 6) is -0.386. The van der Waals surface area contributed by atoms with E-state index in [1.165, 1.54) is 11.3 Å². The van der Waals surface area contributed by atoms with Crippen LogP contribution in [-0.2, 0) is 16.0 Å². The number of carbonyl (C=O) groups excluding carboxylic acids is 1. The Hall–Kier alpha value is -1.14. The Morgan fingerprint density at radius 3 is 3.00 bits per heavy atom. The normalized spacial score (nSPS) is 10.3. The SMILES string of the molecule is CCOC(=O)c1csc(=N)n1CCOC. The van der Waals surface area contributed by atoms with Crippen molar-refractivity contribution >= 4 is 17.3 Å². The van der Waals surface area contributed by atoms with Crippen molar-refractivity contribution in [2.45, 2.75) is 13.5 Å². The van der Waals surface area contributed by atoms with E-state index in [1.54, 1.807) is 24.0 Å². The number of esters is 1. The van der Waals surface area contributed by atoms with Crippen LogP contribution < -0.4 is 4.80 Å². The molecule has 15 heavy (non-hydrogen) atoms. The summed E-state index contributed by atoms with van der Waals surface area (Å²) in [5.41, 5.74) is 0.420. The molecule has 0 bridgehead atoms. The zero-order chi connectivity index (χ0) is 11.3. The molecule has 84 valence electrons. The van der Waals surface area contributed by atoms with Gasteiger partial charge in [0.15, 0.2) is 4.80 Å². The van der Waals surface area contributed by atoms with E-state index >= 15 is 0 Å². The molecule has 0 aliphatic carbocycles. The van der Waals surface area contributed by atoms with Crippen LogP contribution in [0.25, 0.3) is 0 Å². The number of nitrogens with one attached hydrogen (secondary N) is 1. The fourth-order valence-electron chi connectivity index (χ4n) is 1.12. The molecule has 6 heteroatoms. The minimum Gasteiger partial charge on any atom is -0.461 e. The van der Waals surface area contributed by atoms with Gasteiger partial charge in [-0.2, -0.15) is 0 Å². The van der Waals surface area contributed by atoms with Gasteiger partial charge < -0.3 is 14.0 Å². The Morgan fingerprint density at radius 1 is 1.67 bits per heavy atom. The van der Waals surface area contributed by atoms with E-state index in [4.69, 9.17) is 14.9 Å². The average molecular weight is 230 g/mol. The van der Waals surface area contributed by atoms with Gasteiger partial charge >= 0.3 is 5.97 Å². The van der Waals surface area contributed by atoms with E-state index in [0.29, 0.717) is 30.3 Å². The third-order valence-corrected chi connectivity index (χ3v) is 2.61. The topological polar surface area (TPSA) is 64.3 Å². The highest BCUT2D eigenvalue weighted by Gasteiger charge is 2.13. The third kappa shape index (κ3) is 2.90. The maximum atomic E-state index is 11.5. The van der Waals surface area contributed by atoms with Gasteiger partial charge in [-0.05, 0) is 6.92 Å². The summed E-state index contributed by atoms with van der Waals surface area (Å²) < 4.78 is 11.4. The molecule has 0 unspecified atom stereocenters. The van der Waals surface area contributed by atoms with Crippen molar-refractivity contribution in [2.75, 3.05) is 20.3 Å². The van der Waals surface area contributed by atoms with E-state index in [1.807, 2.05) is 0 Å². The van der Waals surface area contributed by atoms with E-state index in [9.17, 15) is 4.79 Å². The molecule has 0 aliphatic heterocycles. The summed E-state index contributed by atoms with van der Waals surface area (Å²) in [4.78, 5) is 11.8. The lowest BCUT2D eigenvalue weighted by Crippen LogP contribution is -2.22. The standard InChI is InChI=1S/C9H14N2O3S/c1-3-14-8(12)7-6-15-9(10)11(7)4-5-13-2/h6,10H,3-5H2,1-2H3. The lowest BCUT2D eigenvalue weighted by Gasteiger charge is -2.06. The van der Waals surface area contributed by atoms with Crippen LogP contribution in [0.15, 0.2) is 5.38 Å². The molecular weight excluding hydrogens is 216 g/mol. The molecule has 0 aromatic carbocycles. The summed E-state index contributed by atoms with van der Waals surface area (Å²) in [7, 11) is 1.58. The third-order valence-electron chi connectivity index (χ3n) is 1.82. The Balaban J connectivity index is 2.87. The molecule has 1 aromatic rings. The lowest BCUT2D eigenvalue weighted by molar-refractivity contribution is 0.0511. The predicted molar refractivity (Wildman–Crippen MR) is 56.0 cm³/mol. The van der Waals surface area contributed by atoms with Crippen molar-refractivity contribution in [3.8, 4) is 0 Å². The van der Waals surface area contributed by atoms with Gasteiger partial charge in [-0.15, -0.1) is 11.3 Å². The van der Waals surface area contributed by atoms with E-state index in [0.717, 1.165) is 0 Å². The van der Waals surface area contributed by atoms with Gasteiger partial charge in [0.1, 0.15) is 5.69 Å². The number of thiazole rings is 1. The van der Waals surface area contributed by atoms with Crippen molar-refractivity contribution in [2.24, 2.45) is 0 Å². The molecule has 0 spiro atoms. The van der Waals surface area contributed by atoms with Crippen LogP contribution in [0.1, 0.15) is 17.4 Å². The van der Waals surface area contributed by atoms with Crippen LogP contribution in [0.3, 0.4) is 0 Å². The van der Waals surface area contributed by atoms with Gasteiger partial charge in [-0.25, -0.2) is 4.79 Å². The second-order valence-corrected chi connectivity index (χ2v) is 3.65. The maximum Gasteiger partial charge on any atom is 0.355 e. The summed E-state index contributed by atoms with van der Waals surface area (Å²) in [6.07, 6.45) is 0. The second kappa shape index (κ2) is 5.67. The van der Waals surface area contributed by atoms with Crippen molar-refractivity contribution in [1.29, 1.82) is 5.41 Å². The van der Waals surface area contributed by atoms with Gasteiger partial charge in [-0.1, -0.05) is 0 Å². The molecule has 5 nitrogen and oxygen atoms in total. The van der Waals surface area contributed by atoms with Gasteiger partial charge in [0.25, 0.3) is 0 Å². The van der Waals surface area contributed by atoms with Crippen molar-refractivity contribution < 1.29 is 14.3 Å². The Morgan fingerprint density at radius 2 is 2.40 bits per heavy atom. The highest BCUT2D eigenvalue weighted by molar-refractivity contribution is 7.07. The lowest BCUT2D eigenvalue weighted by atomic mass is 10.4. The zero-order valence-corrected chi connectivity index (χ0v) is 9.60. The molecule has 0 aliphatic rings. The van der Waals surface area contributed by atoms with Gasteiger partial charge in [0.05, 0.1) is 13.2 Å².